The van der Waals surface area contributed by atoms with Crippen LogP contribution in [0.3, 0.4) is 0 Å². The minimum absolute atomic E-state index is 0.195. The molecule has 0 unspecified atom stereocenters. The van der Waals surface area contributed by atoms with Gasteiger partial charge in [-0.05, 0) is 12.8 Å². The molecule has 7 heteroatoms. The van der Waals surface area contributed by atoms with Crippen molar-refractivity contribution in [3.8, 4) is 0 Å². The van der Waals surface area contributed by atoms with E-state index in [1.807, 2.05) is 13.8 Å². The molecule has 0 amide bonds. The van der Waals surface area contributed by atoms with Crippen molar-refractivity contribution in [3.05, 3.63) is 0 Å². The van der Waals surface area contributed by atoms with Gasteiger partial charge in [0.2, 0.25) is 0 Å². The SMILES string of the molecule is CCCCCC(=O)OCC(COC(=O)CCCCC)OC(=O)CO. The fourth-order valence-corrected chi connectivity index (χ4v) is 1.89. The Bertz CT molecular complexity index is 342. The molecule has 0 atom stereocenters. The molecule has 0 aliphatic heterocycles. The number of unbranched alkanes of at least 4 members (excludes halogenated alkanes) is 4. The molecule has 0 aliphatic rings. The van der Waals surface area contributed by atoms with Gasteiger partial charge in [-0.1, -0.05) is 39.5 Å². The molecule has 7 nitrogen and oxygen atoms in total. The summed E-state index contributed by atoms with van der Waals surface area (Å²) in [6.07, 6.45) is 5.04. The smallest absolute Gasteiger partial charge is 0.332 e. The molecule has 0 aromatic carbocycles. The van der Waals surface area contributed by atoms with Gasteiger partial charge >= 0.3 is 17.9 Å². The van der Waals surface area contributed by atoms with Crippen LogP contribution in [0.5, 0.6) is 0 Å². The predicted octanol–water partition coefficient (Wildman–Crippen LogP) is 2.14. The fourth-order valence-electron chi connectivity index (χ4n) is 1.89. The van der Waals surface area contributed by atoms with Crippen LogP contribution in [0.25, 0.3) is 0 Å². The largest absolute Gasteiger partial charge is 0.462 e. The van der Waals surface area contributed by atoms with Crippen molar-refractivity contribution < 1.29 is 33.7 Å². The van der Waals surface area contributed by atoms with Gasteiger partial charge in [0.1, 0.15) is 19.8 Å². The summed E-state index contributed by atoms with van der Waals surface area (Å²) in [5.74, 6) is -1.63. The molecule has 24 heavy (non-hydrogen) atoms. The van der Waals surface area contributed by atoms with Gasteiger partial charge in [-0.15, -0.1) is 0 Å². The zero-order chi connectivity index (χ0) is 18.2. The molecule has 0 aromatic rings. The molecule has 0 aromatic heterocycles. The van der Waals surface area contributed by atoms with Crippen molar-refractivity contribution in [2.75, 3.05) is 19.8 Å². The molecule has 0 heterocycles. The summed E-state index contributed by atoms with van der Waals surface area (Å²) in [6, 6.07) is 0. The Morgan fingerprint density at radius 3 is 1.62 bits per heavy atom. The summed E-state index contributed by atoms with van der Waals surface area (Å²) in [4.78, 5) is 34.3. The molecule has 0 fully saturated rings. The highest BCUT2D eigenvalue weighted by Crippen LogP contribution is 2.05. The van der Waals surface area contributed by atoms with Gasteiger partial charge in [0.25, 0.3) is 0 Å². The zero-order valence-corrected chi connectivity index (χ0v) is 14.8. The van der Waals surface area contributed by atoms with Gasteiger partial charge < -0.3 is 19.3 Å². The van der Waals surface area contributed by atoms with Crippen LogP contribution in [0.15, 0.2) is 0 Å². The Labute approximate surface area is 143 Å². The summed E-state index contributed by atoms with van der Waals surface area (Å²) >= 11 is 0. The lowest BCUT2D eigenvalue weighted by molar-refractivity contribution is -0.168. The maximum Gasteiger partial charge on any atom is 0.332 e. The van der Waals surface area contributed by atoms with Crippen LogP contribution in [0.2, 0.25) is 0 Å². The quantitative estimate of drug-likeness (QED) is 0.292. The molecule has 0 bridgehead atoms. The maximum atomic E-state index is 11.6. The first kappa shape index (κ1) is 22.4. The maximum absolute atomic E-state index is 11.6. The van der Waals surface area contributed by atoms with E-state index in [0.29, 0.717) is 12.8 Å². The Balaban J connectivity index is 4.19. The van der Waals surface area contributed by atoms with Crippen molar-refractivity contribution >= 4 is 17.9 Å². The molecule has 1 N–H and O–H groups in total. The van der Waals surface area contributed by atoms with Crippen molar-refractivity contribution in [2.24, 2.45) is 0 Å². The normalized spacial score (nSPS) is 10.5. The van der Waals surface area contributed by atoms with Crippen molar-refractivity contribution in [2.45, 2.75) is 71.3 Å². The second-order valence-electron chi connectivity index (χ2n) is 5.55. The average molecular weight is 346 g/mol. The van der Waals surface area contributed by atoms with E-state index in [9.17, 15) is 14.4 Å². The number of hydrogen-bond acceptors (Lipinski definition) is 7. The van der Waals surface area contributed by atoms with Gasteiger partial charge in [0.15, 0.2) is 6.10 Å². The molecule has 0 spiro atoms. The summed E-state index contributed by atoms with van der Waals surface area (Å²) < 4.78 is 15.0. The van der Waals surface area contributed by atoms with Gasteiger partial charge in [-0.3, -0.25) is 9.59 Å². The number of carbonyl (C=O) groups is 3. The van der Waals surface area contributed by atoms with E-state index in [2.05, 4.69) is 0 Å². The van der Waals surface area contributed by atoms with E-state index in [1.165, 1.54) is 0 Å². The molecule has 0 saturated carbocycles. The number of ether oxygens (including phenoxy) is 3. The lowest BCUT2D eigenvalue weighted by Gasteiger charge is -2.17. The Hall–Kier alpha value is -1.63. The average Bonchev–Trinajstić information content (AvgIpc) is 2.57. The number of hydrogen-bond donors (Lipinski definition) is 1. The number of rotatable bonds is 14. The number of carbonyl (C=O) groups excluding carboxylic acids is 3. The monoisotopic (exact) mass is 346 g/mol. The zero-order valence-electron chi connectivity index (χ0n) is 14.8. The first-order valence-electron chi connectivity index (χ1n) is 8.65. The Morgan fingerprint density at radius 2 is 1.25 bits per heavy atom. The highest BCUT2D eigenvalue weighted by molar-refractivity contribution is 5.71. The molecule has 0 rings (SSSR count). The molecule has 0 aliphatic carbocycles. The van der Waals surface area contributed by atoms with Crippen molar-refractivity contribution in [3.63, 3.8) is 0 Å². The molecule has 0 radical (unpaired) electrons. The molecule has 140 valence electrons. The number of esters is 3. The third-order valence-corrected chi connectivity index (χ3v) is 3.26. The minimum Gasteiger partial charge on any atom is -0.462 e. The van der Waals surface area contributed by atoms with E-state index >= 15 is 0 Å². The van der Waals surface area contributed by atoms with Crippen molar-refractivity contribution in [1.82, 2.24) is 0 Å². The highest BCUT2D eigenvalue weighted by Gasteiger charge is 2.19. The van der Waals surface area contributed by atoms with E-state index in [4.69, 9.17) is 19.3 Å². The van der Waals surface area contributed by atoms with Gasteiger partial charge in [0.05, 0.1) is 0 Å². The Morgan fingerprint density at radius 1 is 0.792 bits per heavy atom. The van der Waals surface area contributed by atoms with Gasteiger partial charge in [0, 0.05) is 12.8 Å². The van der Waals surface area contributed by atoms with Gasteiger partial charge in [-0.25, -0.2) is 4.79 Å². The van der Waals surface area contributed by atoms with Crippen LogP contribution in [0.4, 0.5) is 0 Å². The highest BCUT2D eigenvalue weighted by atomic mass is 16.6. The van der Waals surface area contributed by atoms with Crippen LogP contribution >= 0.6 is 0 Å². The molecule has 0 saturated heterocycles. The predicted molar refractivity (Wildman–Crippen MR) is 87.2 cm³/mol. The van der Waals surface area contributed by atoms with Crippen LogP contribution in [-0.4, -0.2) is 48.9 Å². The summed E-state index contributed by atoms with van der Waals surface area (Å²) in [7, 11) is 0. The first-order chi connectivity index (χ1) is 11.5. The number of aliphatic hydroxyl groups excluding tert-OH is 1. The summed E-state index contributed by atoms with van der Waals surface area (Å²) in [5, 5.41) is 8.73. The van der Waals surface area contributed by atoms with E-state index in [0.717, 1.165) is 38.5 Å². The van der Waals surface area contributed by atoms with E-state index in [1.54, 1.807) is 0 Å². The lowest BCUT2D eigenvalue weighted by Crippen LogP contribution is -2.31. The Kier molecular flexibility index (Phi) is 13.9. The minimum atomic E-state index is -0.907. The van der Waals surface area contributed by atoms with Crippen molar-refractivity contribution in [1.29, 1.82) is 0 Å². The third kappa shape index (κ3) is 12.9. The van der Waals surface area contributed by atoms with Crippen LogP contribution in [-0.2, 0) is 28.6 Å². The van der Waals surface area contributed by atoms with E-state index in [-0.39, 0.29) is 25.2 Å². The van der Waals surface area contributed by atoms with Crippen LogP contribution in [0.1, 0.15) is 65.2 Å². The molecular formula is C17H30O7. The van der Waals surface area contributed by atoms with Gasteiger partial charge in [-0.2, -0.15) is 0 Å². The van der Waals surface area contributed by atoms with Crippen LogP contribution < -0.4 is 0 Å². The fraction of sp³-hybridized carbons (Fsp3) is 0.824. The van der Waals surface area contributed by atoms with E-state index < -0.39 is 18.7 Å². The summed E-state index contributed by atoms with van der Waals surface area (Å²) in [6.45, 7) is 2.89. The van der Waals surface area contributed by atoms with Crippen LogP contribution in [0, 0.1) is 0 Å². The molecular weight excluding hydrogens is 316 g/mol. The number of aliphatic hydroxyl groups is 1. The topological polar surface area (TPSA) is 99.1 Å². The summed E-state index contributed by atoms with van der Waals surface area (Å²) in [5.41, 5.74) is 0. The second-order valence-corrected chi connectivity index (χ2v) is 5.55. The third-order valence-electron chi connectivity index (χ3n) is 3.26. The lowest BCUT2D eigenvalue weighted by atomic mass is 10.2. The first-order valence-corrected chi connectivity index (χ1v) is 8.65. The second kappa shape index (κ2) is 14.9. The standard InChI is InChI=1S/C17H30O7/c1-3-5-7-9-15(19)22-12-14(24-17(21)11-18)13-23-16(20)10-8-6-4-2/h14,18H,3-13H2,1-2H3.